The number of hydrogen-bond donors (Lipinski definition) is 1. The molecule has 0 fully saturated rings. The molecule has 1 N–H and O–H groups in total. The fourth-order valence-corrected chi connectivity index (χ4v) is 2.27. The van der Waals surface area contributed by atoms with Crippen molar-refractivity contribution >= 4 is 30.0 Å². The number of halogens is 1. The van der Waals surface area contributed by atoms with Crippen LogP contribution in [0.3, 0.4) is 0 Å². The Balaban J connectivity index is 1.97. The van der Waals surface area contributed by atoms with Crippen molar-refractivity contribution in [2.75, 3.05) is 0 Å². The zero-order valence-corrected chi connectivity index (χ0v) is 13.4. The first-order valence-corrected chi connectivity index (χ1v) is 7.46. The maximum Gasteiger partial charge on any atom is 0.216 e. The maximum atomic E-state index is 5.87. The first-order chi connectivity index (χ1) is 10.6. The van der Waals surface area contributed by atoms with Gasteiger partial charge < -0.3 is 0 Å². The van der Waals surface area contributed by atoms with E-state index in [4.69, 9.17) is 23.8 Å². The van der Waals surface area contributed by atoms with Crippen molar-refractivity contribution < 1.29 is 0 Å². The Morgan fingerprint density at radius 2 is 1.82 bits per heavy atom. The van der Waals surface area contributed by atoms with E-state index in [1.807, 2.05) is 55.5 Å². The van der Waals surface area contributed by atoms with Gasteiger partial charge in [0.05, 0.1) is 6.21 Å². The molecule has 0 aliphatic rings. The fraction of sp³-hybridized carbons (Fsp3) is 0.0625. The second kappa shape index (κ2) is 6.25. The Bertz CT molecular complexity index is 860. The molecule has 22 heavy (non-hydrogen) atoms. The lowest BCUT2D eigenvalue weighted by molar-refractivity contribution is 0.871. The predicted octanol–water partition coefficient (Wildman–Crippen LogP) is 4.45. The lowest BCUT2D eigenvalue weighted by Gasteiger charge is -2.01. The summed E-state index contributed by atoms with van der Waals surface area (Å²) < 4.78 is 2.05. The minimum absolute atomic E-state index is 0.445. The Labute approximate surface area is 138 Å². The third-order valence-corrected chi connectivity index (χ3v) is 3.67. The Hall–Kier alpha value is -2.24. The Morgan fingerprint density at radius 1 is 1.14 bits per heavy atom. The molecular formula is C16H13ClN4S. The monoisotopic (exact) mass is 328 g/mol. The number of aromatic amines is 1. The molecule has 6 heteroatoms. The number of nitrogens with zero attached hydrogens (tertiary/aromatic N) is 3. The van der Waals surface area contributed by atoms with Crippen LogP contribution in [0.1, 0.15) is 11.1 Å². The Kier molecular flexibility index (Phi) is 4.18. The van der Waals surface area contributed by atoms with Crippen LogP contribution in [0.4, 0.5) is 0 Å². The van der Waals surface area contributed by atoms with Crippen molar-refractivity contribution in [1.82, 2.24) is 14.9 Å². The van der Waals surface area contributed by atoms with Gasteiger partial charge in [0.2, 0.25) is 4.77 Å². The average Bonchev–Trinajstić information content (AvgIpc) is 2.89. The number of hydrogen-bond acceptors (Lipinski definition) is 3. The van der Waals surface area contributed by atoms with Crippen molar-refractivity contribution in [3.8, 4) is 11.4 Å². The molecule has 0 bridgehead atoms. The van der Waals surface area contributed by atoms with Gasteiger partial charge in [-0.2, -0.15) is 14.9 Å². The van der Waals surface area contributed by atoms with E-state index in [0.29, 0.717) is 15.6 Å². The van der Waals surface area contributed by atoms with Crippen LogP contribution < -0.4 is 0 Å². The van der Waals surface area contributed by atoms with E-state index in [-0.39, 0.29) is 0 Å². The molecule has 1 heterocycles. The van der Waals surface area contributed by atoms with Crippen LogP contribution in [0.15, 0.2) is 53.6 Å². The molecule has 0 unspecified atom stereocenters. The number of H-pyrrole nitrogens is 1. The molecule has 0 radical (unpaired) electrons. The minimum Gasteiger partial charge on any atom is -0.250 e. The third kappa shape index (κ3) is 3.16. The summed E-state index contributed by atoms with van der Waals surface area (Å²) in [5.41, 5.74) is 3.07. The van der Waals surface area contributed by atoms with Gasteiger partial charge in [-0.05, 0) is 36.8 Å². The zero-order chi connectivity index (χ0) is 15.5. The molecule has 0 saturated heterocycles. The van der Waals surface area contributed by atoms with E-state index in [9.17, 15) is 0 Å². The average molecular weight is 329 g/mol. The molecule has 0 saturated carbocycles. The Morgan fingerprint density at radius 3 is 2.50 bits per heavy atom. The van der Waals surface area contributed by atoms with Gasteiger partial charge in [0.1, 0.15) is 0 Å². The summed E-state index contributed by atoms with van der Waals surface area (Å²) in [6.07, 6.45) is 1.72. The van der Waals surface area contributed by atoms with Gasteiger partial charge in [0, 0.05) is 10.6 Å². The summed E-state index contributed by atoms with van der Waals surface area (Å²) in [7, 11) is 0. The molecule has 0 amide bonds. The highest BCUT2D eigenvalue weighted by Crippen LogP contribution is 2.18. The SMILES string of the molecule is Cc1ccc(-c2n[nH]c(=S)n2N=Cc2ccc(Cl)cc2)cc1. The molecule has 0 aliphatic carbocycles. The molecule has 1 aromatic heterocycles. The summed E-state index contributed by atoms with van der Waals surface area (Å²) in [5.74, 6) is 0.676. The van der Waals surface area contributed by atoms with Crippen molar-refractivity contribution in [2.24, 2.45) is 5.10 Å². The van der Waals surface area contributed by atoms with Crippen LogP contribution in [0.25, 0.3) is 11.4 Å². The van der Waals surface area contributed by atoms with E-state index >= 15 is 0 Å². The highest BCUT2D eigenvalue weighted by Gasteiger charge is 2.07. The minimum atomic E-state index is 0.445. The van der Waals surface area contributed by atoms with Crippen LogP contribution in [0, 0.1) is 11.7 Å². The van der Waals surface area contributed by atoms with E-state index in [1.54, 1.807) is 10.9 Å². The molecule has 2 aromatic carbocycles. The van der Waals surface area contributed by atoms with Crippen molar-refractivity contribution in [3.63, 3.8) is 0 Å². The van der Waals surface area contributed by atoms with Crippen LogP contribution >= 0.6 is 23.8 Å². The first-order valence-electron chi connectivity index (χ1n) is 6.68. The fourth-order valence-electron chi connectivity index (χ4n) is 1.96. The smallest absolute Gasteiger partial charge is 0.216 e. The quantitative estimate of drug-likeness (QED) is 0.570. The number of benzene rings is 2. The summed E-state index contributed by atoms with van der Waals surface area (Å²) in [5, 5.41) is 12.1. The summed E-state index contributed by atoms with van der Waals surface area (Å²) >= 11 is 11.1. The number of rotatable bonds is 3. The van der Waals surface area contributed by atoms with Gasteiger partial charge in [-0.25, -0.2) is 5.10 Å². The molecule has 4 nitrogen and oxygen atoms in total. The van der Waals surface area contributed by atoms with E-state index in [2.05, 4.69) is 15.3 Å². The van der Waals surface area contributed by atoms with Crippen LogP contribution in [0.5, 0.6) is 0 Å². The van der Waals surface area contributed by atoms with Gasteiger partial charge in [-0.1, -0.05) is 53.6 Å². The van der Waals surface area contributed by atoms with Crippen molar-refractivity contribution in [1.29, 1.82) is 0 Å². The van der Waals surface area contributed by atoms with Crippen molar-refractivity contribution in [2.45, 2.75) is 6.92 Å². The topological polar surface area (TPSA) is 46.0 Å². The number of nitrogens with one attached hydrogen (secondary N) is 1. The first kappa shape index (κ1) is 14.7. The van der Waals surface area contributed by atoms with Gasteiger partial charge in [-0.15, -0.1) is 0 Å². The predicted molar refractivity (Wildman–Crippen MR) is 92.0 cm³/mol. The third-order valence-electron chi connectivity index (χ3n) is 3.15. The number of aromatic nitrogens is 3. The molecule has 3 aromatic rings. The van der Waals surface area contributed by atoms with Crippen LogP contribution in [-0.4, -0.2) is 21.1 Å². The standard InChI is InChI=1S/C16H13ClN4S/c1-11-2-6-13(7-3-11)15-19-20-16(22)21(15)18-10-12-4-8-14(17)9-5-12/h2-10H,1H3,(H,20,22). The maximum absolute atomic E-state index is 5.87. The summed E-state index contributed by atoms with van der Waals surface area (Å²) in [6, 6.07) is 15.5. The van der Waals surface area contributed by atoms with E-state index in [1.165, 1.54) is 5.56 Å². The molecule has 0 spiro atoms. The van der Waals surface area contributed by atoms with Gasteiger partial charge >= 0.3 is 0 Å². The molecule has 3 rings (SSSR count). The van der Waals surface area contributed by atoms with Crippen molar-refractivity contribution in [3.05, 3.63) is 69.5 Å². The van der Waals surface area contributed by atoms with Crippen LogP contribution in [-0.2, 0) is 0 Å². The number of aryl methyl sites for hydroxylation is 1. The highest BCUT2D eigenvalue weighted by molar-refractivity contribution is 7.71. The molecule has 0 atom stereocenters. The highest BCUT2D eigenvalue weighted by atomic mass is 35.5. The van der Waals surface area contributed by atoms with Gasteiger partial charge in [0.15, 0.2) is 5.82 Å². The lowest BCUT2D eigenvalue weighted by Crippen LogP contribution is -1.95. The zero-order valence-electron chi connectivity index (χ0n) is 11.8. The normalized spacial score (nSPS) is 11.2. The summed E-state index contributed by atoms with van der Waals surface area (Å²) in [4.78, 5) is 0. The largest absolute Gasteiger partial charge is 0.250 e. The second-order valence-electron chi connectivity index (χ2n) is 4.83. The molecule has 0 aliphatic heterocycles. The molecule has 110 valence electrons. The second-order valence-corrected chi connectivity index (χ2v) is 5.65. The van der Waals surface area contributed by atoms with Gasteiger partial charge in [-0.3, -0.25) is 0 Å². The van der Waals surface area contributed by atoms with E-state index in [0.717, 1.165) is 11.1 Å². The van der Waals surface area contributed by atoms with Gasteiger partial charge in [0.25, 0.3) is 0 Å². The van der Waals surface area contributed by atoms with E-state index < -0.39 is 0 Å². The summed E-state index contributed by atoms with van der Waals surface area (Å²) in [6.45, 7) is 2.04. The lowest BCUT2D eigenvalue weighted by atomic mass is 10.1. The molecular weight excluding hydrogens is 316 g/mol. The van der Waals surface area contributed by atoms with Crippen LogP contribution in [0.2, 0.25) is 5.02 Å².